The van der Waals surface area contributed by atoms with Gasteiger partial charge in [-0.05, 0) is 6.07 Å². The van der Waals surface area contributed by atoms with E-state index in [2.05, 4.69) is 10.2 Å². The molecule has 7 heteroatoms. The molecule has 1 amide bonds. The van der Waals surface area contributed by atoms with Crippen molar-refractivity contribution in [1.82, 2.24) is 15.1 Å². The quantitative estimate of drug-likeness (QED) is 0.787. The summed E-state index contributed by atoms with van der Waals surface area (Å²) in [5.74, 6) is -0.736. The Balaban J connectivity index is 2.63. The maximum atomic E-state index is 11.9. The first-order valence-electron chi connectivity index (χ1n) is 3.72. The van der Waals surface area contributed by atoms with Gasteiger partial charge in [-0.1, -0.05) is 0 Å². The summed E-state index contributed by atoms with van der Waals surface area (Å²) in [7, 11) is 1.08. The maximum absolute atomic E-state index is 11.9. The molecule has 1 aromatic heterocycles. The second kappa shape index (κ2) is 3.69. The van der Waals surface area contributed by atoms with Crippen molar-refractivity contribution < 1.29 is 18.0 Å². The lowest BCUT2D eigenvalue weighted by Gasteiger charge is -2.17. The van der Waals surface area contributed by atoms with Crippen molar-refractivity contribution in [3.05, 3.63) is 18.0 Å². The smallest absolute Gasteiger partial charge is 0.331 e. The zero-order valence-electron chi connectivity index (χ0n) is 7.30. The third-order valence-corrected chi connectivity index (χ3v) is 1.49. The van der Waals surface area contributed by atoms with Crippen LogP contribution < -0.4 is 0 Å². The Bertz CT molecular complexity index is 306. The Morgan fingerprint density at radius 1 is 1.64 bits per heavy atom. The van der Waals surface area contributed by atoms with Crippen molar-refractivity contribution in [2.75, 3.05) is 13.6 Å². The van der Waals surface area contributed by atoms with Gasteiger partial charge in [0.25, 0.3) is 5.91 Å². The molecule has 0 aliphatic rings. The predicted octanol–water partition coefficient (Wildman–Crippen LogP) is 1.04. The molecule has 0 radical (unpaired) electrons. The molecule has 0 bridgehead atoms. The third kappa shape index (κ3) is 2.75. The number of hydrogen-bond acceptors (Lipinski definition) is 2. The summed E-state index contributed by atoms with van der Waals surface area (Å²) >= 11 is 0. The molecule has 0 fully saturated rings. The molecular weight excluding hydrogens is 199 g/mol. The molecule has 0 saturated heterocycles. The number of halogens is 3. The molecule has 0 aliphatic carbocycles. The number of H-pyrrole nitrogens is 1. The summed E-state index contributed by atoms with van der Waals surface area (Å²) in [5.41, 5.74) is 0.0387. The highest BCUT2D eigenvalue weighted by Crippen LogP contribution is 2.16. The van der Waals surface area contributed by atoms with E-state index < -0.39 is 18.6 Å². The highest BCUT2D eigenvalue weighted by Gasteiger charge is 2.31. The van der Waals surface area contributed by atoms with Gasteiger partial charge in [-0.2, -0.15) is 18.3 Å². The standard InChI is InChI=1S/C7H8F3N3O/c1-13(4-7(8,9)10)6(14)5-2-3-11-12-5/h2-3H,4H2,1H3,(H,11,12). The minimum Gasteiger partial charge on any atom is -0.331 e. The lowest BCUT2D eigenvalue weighted by atomic mass is 10.4. The van der Waals surface area contributed by atoms with E-state index in [1.54, 1.807) is 0 Å². The summed E-state index contributed by atoms with van der Waals surface area (Å²) < 4.78 is 35.7. The van der Waals surface area contributed by atoms with Crippen LogP contribution in [0, 0.1) is 0 Å². The van der Waals surface area contributed by atoms with Crippen LogP contribution >= 0.6 is 0 Å². The van der Waals surface area contributed by atoms with Gasteiger partial charge in [-0.3, -0.25) is 9.89 Å². The maximum Gasteiger partial charge on any atom is 0.406 e. The average Bonchev–Trinajstić information content (AvgIpc) is 2.51. The first kappa shape index (κ1) is 10.6. The van der Waals surface area contributed by atoms with Gasteiger partial charge in [-0.15, -0.1) is 0 Å². The molecular formula is C7H8F3N3O. The van der Waals surface area contributed by atoms with E-state index in [4.69, 9.17) is 0 Å². The highest BCUT2D eigenvalue weighted by atomic mass is 19.4. The van der Waals surface area contributed by atoms with Gasteiger partial charge in [0.1, 0.15) is 12.2 Å². The lowest BCUT2D eigenvalue weighted by molar-refractivity contribution is -0.138. The second-order valence-electron chi connectivity index (χ2n) is 2.75. The van der Waals surface area contributed by atoms with Crippen LogP contribution in [0.25, 0.3) is 0 Å². The minimum atomic E-state index is -4.38. The van der Waals surface area contributed by atoms with Gasteiger partial charge in [-0.25, -0.2) is 0 Å². The SMILES string of the molecule is CN(CC(F)(F)F)C(=O)c1ccn[nH]1. The van der Waals surface area contributed by atoms with E-state index in [1.807, 2.05) is 0 Å². The molecule has 0 unspecified atom stereocenters. The number of carbonyl (C=O) groups is 1. The van der Waals surface area contributed by atoms with E-state index in [0.29, 0.717) is 4.90 Å². The molecule has 0 atom stereocenters. The molecule has 1 aromatic rings. The van der Waals surface area contributed by atoms with Crippen molar-refractivity contribution in [1.29, 1.82) is 0 Å². The van der Waals surface area contributed by atoms with Crippen LogP contribution in [-0.2, 0) is 0 Å². The van der Waals surface area contributed by atoms with Crippen LogP contribution in [0.3, 0.4) is 0 Å². The van der Waals surface area contributed by atoms with Crippen LogP contribution in [0.1, 0.15) is 10.5 Å². The van der Waals surface area contributed by atoms with Crippen molar-refractivity contribution in [2.45, 2.75) is 6.18 Å². The number of carbonyl (C=O) groups excluding carboxylic acids is 1. The molecule has 14 heavy (non-hydrogen) atoms. The van der Waals surface area contributed by atoms with Crippen molar-refractivity contribution in [3.8, 4) is 0 Å². The van der Waals surface area contributed by atoms with E-state index >= 15 is 0 Å². The molecule has 0 aromatic carbocycles. The molecule has 1 N–H and O–H groups in total. The third-order valence-electron chi connectivity index (χ3n) is 1.49. The van der Waals surface area contributed by atoms with Crippen LogP contribution in [0.15, 0.2) is 12.3 Å². The Morgan fingerprint density at radius 3 is 2.71 bits per heavy atom. The number of nitrogens with one attached hydrogen (secondary N) is 1. The van der Waals surface area contributed by atoms with Crippen LogP contribution in [0.2, 0.25) is 0 Å². The van der Waals surface area contributed by atoms with Gasteiger partial charge in [0.05, 0.1) is 0 Å². The van der Waals surface area contributed by atoms with Gasteiger partial charge in [0.15, 0.2) is 0 Å². The highest BCUT2D eigenvalue weighted by molar-refractivity contribution is 5.91. The van der Waals surface area contributed by atoms with Crippen LogP contribution in [-0.4, -0.2) is 40.8 Å². The summed E-state index contributed by atoms with van der Waals surface area (Å²) in [4.78, 5) is 11.8. The Morgan fingerprint density at radius 2 is 2.29 bits per heavy atom. The molecule has 78 valence electrons. The monoisotopic (exact) mass is 207 g/mol. The average molecular weight is 207 g/mol. The predicted molar refractivity (Wildman–Crippen MR) is 41.6 cm³/mol. The van der Waals surface area contributed by atoms with Gasteiger partial charge < -0.3 is 4.90 Å². The second-order valence-corrected chi connectivity index (χ2v) is 2.75. The molecule has 1 rings (SSSR count). The Kier molecular flexibility index (Phi) is 2.78. The number of hydrogen-bond donors (Lipinski definition) is 1. The summed E-state index contributed by atoms with van der Waals surface area (Å²) in [6, 6.07) is 1.31. The number of nitrogens with zero attached hydrogens (tertiary/aromatic N) is 2. The summed E-state index contributed by atoms with van der Waals surface area (Å²) in [5, 5.41) is 5.76. The summed E-state index contributed by atoms with van der Waals surface area (Å²) in [6.45, 7) is -1.27. The number of aromatic nitrogens is 2. The fourth-order valence-corrected chi connectivity index (χ4v) is 0.921. The normalized spacial score (nSPS) is 11.4. The summed E-state index contributed by atoms with van der Waals surface area (Å²) in [6.07, 6.45) is -3.08. The van der Waals surface area contributed by atoms with Gasteiger partial charge in [0.2, 0.25) is 0 Å². The largest absolute Gasteiger partial charge is 0.406 e. The Hall–Kier alpha value is -1.53. The fourth-order valence-electron chi connectivity index (χ4n) is 0.921. The first-order valence-corrected chi connectivity index (χ1v) is 3.72. The molecule has 4 nitrogen and oxygen atoms in total. The van der Waals surface area contributed by atoms with E-state index in [1.165, 1.54) is 12.3 Å². The van der Waals surface area contributed by atoms with Crippen LogP contribution in [0.5, 0.6) is 0 Å². The van der Waals surface area contributed by atoms with Crippen molar-refractivity contribution in [3.63, 3.8) is 0 Å². The van der Waals surface area contributed by atoms with Crippen LogP contribution in [0.4, 0.5) is 13.2 Å². The first-order chi connectivity index (χ1) is 6.40. The fraction of sp³-hybridized carbons (Fsp3) is 0.429. The zero-order chi connectivity index (χ0) is 10.8. The topological polar surface area (TPSA) is 49.0 Å². The number of rotatable bonds is 2. The van der Waals surface area contributed by atoms with E-state index in [-0.39, 0.29) is 5.69 Å². The molecule has 0 spiro atoms. The number of alkyl halides is 3. The van der Waals surface area contributed by atoms with E-state index in [0.717, 1.165) is 7.05 Å². The van der Waals surface area contributed by atoms with E-state index in [9.17, 15) is 18.0 Å². The van der Waals surface area contributed by atoms with Crippen molar-refractivity contribution >= 4 is 5.91 Å². The molecule has 0 saturated carbocycles. The number of amides is 1. The van der Waals surface area contributed by atoms with Crippen molar-refractivity contribution in [2.24, 2.45) is 0 Å². The minimum absolute atomic E-state index is 0.0387. The number of aromatic amines is 1. The van der Waals surface area contributed by atoms with Gasteiger partial charge >= 0.3 is 6.18 Å². The van der Waals surface area contributed by atoms with Gasteiger partial charge in [0, 0.05) is 13.2 Å². The lowest BCUT2D eigenvalue weighted by Crippen LogP contribution is -2.35. The molecule has 1 heterocycles. The Labute approximate surface area is 77.7 Å². The zero-order valence-corrected chi connectivity index (χ0v) is 7.30. The molecule has 0 aliphatic heterocycles.